The van der Waals surface area contributed by atoms with E-state index in [4.69, 9.17) is 9.47 Å². The third-order valence-corrected chi connectivity index (χ3v) is 4.64. The van der Waals surface area contributed by atoms with Gasteiger partial charge in [0.25, 0.3) is 0 Å². The largest absolute Gasteiger partial charge is 0.496 e. The molecular weight excluding hydrogens is 426 g/mol. The van der Waals surface area contributed by atoms with Gasteiger partial charge >= 0.3 is 12.3 Å². The van der Waals surface area contributed by atoms with Gasteiger partial charge in [-0.1, -0.05) is 24.3 Å². The van der Waals surface area contributed by atoms with Crippen LogP contribution in [0.3, 0.4) is 0 Å². The molecule has 168 valence electrons. The number of rotatable bonds is 10. The highest BCUT2D eigenvalue weighted by molar-refractivity contribution is 6.07. The second kappa shape index (κ2) is 10.3. The molecule has 0 fully saturated rings. The summed E-state index contributed by atoms with van der Waals surface area (Å²) in [5.41, 5.74) is 2.33. The number of ketones is 1. The molecule has 8 heteroatoms. The average molecular weight is 447 g/mol. The fourth-order valence-electron chi connectivity index (χ4n) is 2.97. The first-order chi connectivity index (χ1) is 15.3. The van der Waals surface area contributed by atoms with Gasteiger partial charge in [0.05, 0.1) is 13.7 Å². The second-order valence-corrected chi connectivity index (χ2v) is 6.96. The summed E-state index contributed by atoms with van der Waals surface area (Å²) in [5, 5.41) is 0. The van der Waals surface area contributed by atoms with Crippen LogP contribution in [0.4, 0.5) is 17.6 Å². The molecule has 0 radical (unpaired) electrons. The lowest BCUT2D eigenvalue weighted by atomic mass is 10.1. The predicted octanol–water partition coefficient (Wildman–Crippen LogP) is 5.80. The summed E-state index contributed by atoms with van der Waals surface area (Å²) in [6.45, 7) is -1.76. The van der Waals surface area contributed by atoms with Crippen molar-refractivity contribution < 1.29 is 31.8 Å². The summed E-state index contributed by atoms with van der Waals surface area (Å²) in [4.78, 5) is 12.6. The number of hydrogen-bond donors (Lipinski definition) is 0. The van der Waals surface area contributed by atoms with E-state index >= 15 is 0 Å². The quantitative estimate of drug-likeness (QED) is 0.224. The highest BCUT2D eigenvalue weighted by Crippen LogP contribution is 2.26. The number of methoxy groups -OCH3 is 1. The third kappa shape index (κ3) is 5.85. The van der Waals surface area contributed by atoms with Gasteiger partial charge < -0.3 is 14.0 Å². The molecule has 1 heterocycles. The van der Waals surface area contributed by atoms with E-state index < -0.39 is 19.0 Å². The van der Waals surface area contributed by atoms with Gasteiger partial charge in [0.15, 0.2) is 5.78 Å². The van der Waals surface area contributed by atoms with Crippen LogP contribution in [0.2, 0.25) is 0 Å². The molecule has 0 aliphatic heterocycles. The highest BCUT2D eigenvalue weighted by Gasteiger charge is 2.40. The van der Waals surface area contributed by atoms with E-state index in [1.165, 1.54) is 13.2 Å². The van der Waals surface area contributed by atoms with Crippen molar-refractivity contribution >= 4 is 11.9 Å². The van der Waals surface area contributed by atoms with Crippen LogP contribution in [0.15, 0.2) is 73.1 Å². The lowest BCUT2D eigenvalue weighted by molar-refractivity contribution is -0.168. The molecule has 3 rings (SSSR count). The molecule has 4 nitrogen and oxygen atoms in total. The minimum Gasteiger partial charge on any atom is -0.496 e. The van der Waals surface area contributed by atoms with Gasteiger partial charge in [-0.25, -0.2) is 8.78 Å². The first kappa shape index (κ1) is 23.3. The Kier molecular flexibility index (Phi) is 7.48. The molecule has 0 amide bonds. The third-order valence-electron chi connectivity index (χ3n) is 4.64. The molecule has 0 bridgehead atoms. The lowest BCUT2D eigenvalue weighted by Gasteiger charge is -2.16. The van der Waals surface area contributed by atoms with Gasteiger partial charge in [0.2, 0.25) is 0 Å². The molecule has 0 aliphatic carbocycles. The summed E-state index contributed by atoms with van der Waals surface area (Å²) in [7, 11) is 1.39. The SMILES string of the molecule is COc1ccc(/C=C/C(=O)c2cccc(-n3cccc3)c2)cc1COCC(F)(F)C(F)F. The van der Waals surface area contributed by atoms with Crippen molar-refractivity contribution in [3.05, 3.63) is 89.8 Å². The number of alkyl halides is 4. The number of allylic oxidation sites excluding steroid dienone is 1. The van der Waals surface area contributed by atoms with Crippen molar-refractivity contribution in [1.82, 2.24) is 4.57 Å². The topological polar surface area (TPSA) is 40.5 Å². The highest BCUT2D eigenvalue weighted by atomic mass is 19.3. The molecule has 0 spiro atoms. The van der Waals surface area contributed by atoms with E-state index in [0.29, 0.717) is 22.4 Å². The predicted molar refractivity (Wildman–Crippen MR) is 113 cm³/mol. The van der Waals surface area contributed by atoms with Crippen molar-refractivity contribution in [1.29, 1.82) is 0 Å². The number of halogens is 4. The van der Waals surface area contributed by atoms with Crippen molar-refractivity contribution in [2.45, 2.75) is 19.0 Å². The minimum absolute atomic E-state index is 0.218. The van der Waals surface area contributed by atoms with Crippen molar-refractivity contribution in [2.24, 2.45) is 0 Å². The van der Waals surface area contributed by atoms with E-state index in [1.807, 2.05) is 35.2 Å². The van der Waals surface area contributed by atoms with Gasteiger partial charge in [-0.15, -0.1) is 0 Å². The summed E-state index contributed by atoms with van der Waals surface area (Å²) in [5.74, 6) is -4.09. The van der Waals surface area contributed by atoms with Crippen LogP contribution in [0.1, 0.15) is 21.5 Å². The maximum absolute atomic E-state index is 13.0. The fraction of sp³-hybridized carbons (Fsp3) is 0.208. The Morgan fingerprint density at radius 2 is 1.84 bits per heavy atom. The van der Waals surface area contributed by atoms with E-state index in [1.54, 1.807) is 42.5 Å². The number of hydrogen-bond acceptors (Lipinski definition) is 3. The second-order valence-electron chi connectivity index (χ2n) is 6.96. The number of benzene rings is 2. The number of nitrogens with zero attached hydrogens (tertiary/aromatic N) is 1. The molecule has 0 saturated carbocycles. The monoisotopic (exact) mass is 447 g/mol. The first-order valence-corrected chi connectivity index (χ1v) is 9.66. The van der Waals surface area contributed by atoms with Gasteiger partial charge in [0, 0.05) is 29.2 Å². The Balaban J connectivity index is 1.71. The van der Waals surface area contributed by atoms with Gasteiger partial charge in [-0.3, -0.25) is 4.79 Å². The maximum atomic E-state index is 13.0. The number of aromatic nitrogens is 1. The van der Waals surface area contributed by atoms with Crippen LogP contribution in [-0.2, 0) is 11.3 Å². The van der Waals surface area contributed by atoms with Gasteiger partial charge in [-0.2, -0.15) is 8.78 Å². The molecule has 3 aromatic rings. The minimum atomic E-state index is -4.23. The van der Waals surface area contributed by atoms with Gasteiger partial charge in [0.1, 0.15) is 12.4 Å². The van der Waals surface area contributed by atoms with E-state index in [9.17, 15) is 22.4 Å². The average Bonchev–Trinajstić information content (AvgIpc) is 3.32. The van der Waals surface area contributed by atoms with Gasteiger partial charge in [-0.05, 0) is 48.0 Å². The zero-order valence-corrected chi connectivity index (χ0v) is 17.2. The zero-order valence-electron chi connectivity index (χ0n) is 17.2. The number of carbonyl (C=O) groups excluding carboxylic acids is 1. The van der Waals surface area contributed by atoms with Crippen molar-refractivity contribution in [2.75, 3.05) is 13.7 Å². The van der Waals surface area contributed by atoms with Crippen molar-refractivity contribution in [3.8, 4) is 11.4 Å². The fourth-order valence-corrected chi connectivity index (χ4v) is 2.97. The molecule has 2 aromatic carbocycles. The molecule has 0 saturated heterocycles. The van der Waals surface area contributed by atoms with Crippen LogP contribution < -0.4 is 4.74 Å². The normalized spacial score (nSPS) is 11.9. The van der Waals surface area contributed by atoms with Crippen LogP contribution in [0, 0.1) is 0 Å². The smallest absolute Gasteiger partial charge is 0.330 e. The Morgan fingerprint density at radius 1 is 1.09 bits per heavy atom. The summed E-state index contributed by atoms with van der Waals surface area (Å²) >= 11 is 0. The van der Waals surface area contributed by atoms with Crippen LogP contribution in [0.25, 0.3) is 11.8 Å². The molecule has 32 heavy (non-hydrogen) atoms. The summed E-state index contributed by atoms with van der Waals surface area (Å²) in [6.07, 6.45) is 2.91. The lowest BCUT2D eigenvalue weighted by Crippen LogP contribution is -2.32. The van der Waals surface area contributed by atoms with E-state index in [2.05, 4.69) is 0 Å². The Morgan fingerprint density at radius 3 is 2.53 bits per heavy atom. The number of ether oxygens (including phenoxy) is 2. The molecule has 1 aromatic heterocycles. The van der Waals surface area contributed by atoms with Crippen molar-refractivity contribution in [3.63, 3.8) is 0 Å². The molecule has 0 N–H and O–H groups in total. The first-order valence-electron chi connectivity index (χ1n) is 9.66. The molecule has 0 atom stereocenters. The maximum Gasteiger partial charge on any atom is 0.330 e. The molecule has 0 unspecified atom stereocenters. The van der Waals surface area contributed by atoms with Crippen LogP contribution in [-0.4, -0.2) is 36.4 Å². The zero-order chi connectivity index (χ0) is 23.1. The van der Waals surface area contributed by atoms with E-state index in [-0.39, 0.29) is 12.4 Å². The molecular formula is C24H21F4NO3. The summed E-state index contributed by atoms with van der Waals surface area (Å²) < 4.78 is 62.5. The van der Waals surface area contributed by atoms with E-state index in [0.717, 1.165) is 5.69 Å². The molecule has 0 aliphatic rings. The Bertz CT molecular complexity index is 1080. The van der Waals surface area contributed by atoms with Crippen LogP contribution in [0.5, 0.6) is 5.75 Å². The summed E-state index contributed by atoms with van der Waals surface area (Å²) in [6, 6.07) is 15.7. The van der Waals surface area contributed by atoms with Crippen LogP contribution >= 0.6 is 0 Å². The standard InChI is InChI=1S/C24H21F4NO3/c1-31-22-10-8-17(13-19(22)15-32-16-24(27,28)23(25)26)7-9-21(30)18-5-4-6-20(14-18)29-11-2-3-12-29/h2-14,23H,15-16H2,1H3/b9-7+. The Labute approximate surface area is 182 Å². The Hall–Kier alpha value is -3.39. The number of carbonyl (C=O) groups is 1.